The molecular formula is C17H24N2O5. The zero-order chi connectivity index (χ0) is 17.4. The first-order chi connectivity index (χ1) is 11.5. The maximum Gasteiger partial charge on any atom is 0.308 e. The van der Waals surface area contributed by atoms with Gasteiger partial charge in [-0.2, -0.15) is 0 Å². The molecule has 7 heteroatoms. The Bertz CT molecular complexity index is 547. The lowest BCUT2D eigenvalue weighted by molar-refractivity contribution is -0.148. The summed E-state index contributed by atoms with van der Waals surface area (Å²) in [5.74, 6) is -0.293. The topological polar surface area (TPSA) is 97.6 Å². The minimum Gasteiger partial charge on any atom is -0.459 e. The van der Waals surface area contributed by atoms with E-state index >= 15 is 0 Å². The molecule has 0 saturated heterocycles. The third-order valence-electron chi connectivity index (χ3n) is 4.10. The zero-order valence-corrected chi connectivity index (χ0v) is 13.9. The standard InChI is InChI=1S/C17H24N2O5/c1-12-4-6-13(7-5-12)19-15(20)11-24-16(21)8-9-18-17(22)14-3-2-10-23-14/h2-3,10,12-13H,4-9,11H2,1H3,(H,18,22)(H,19,20). The molecule has 0 aliphatic heterocycles. The Labute approximate surface area is 141 Å². The maximum atomic E-state index is 11.8. The van der Waals surface area contributed by atoms with E-state index in [0.29, 0.717) is 5.92 Å². The second-order valence-corrected chi connectivity index (χ2v) is 6.17. The Hall–Kier alpha value is -2.31. The predicted octanol–water partition coefficient (Wildman–Crippen LogP) is 1.64. The monoisotopic (exact) mass is 336 g/mol. The lowest BCUT2D eigenvalue weighted by Gasteiger charge is -2.26. The molecule has 2 rings (SSSR count). The van der Waals surface area contributed by atoms with Crippen molar-refractivity contribution in [3.8, 4) is 0 Å². The second kappa shape index (κ2) is 9.10. The van der Waals surface area contributed by atoms with Crippen molar-refractivity contribution in [1.82, 2.24) is 10.6 Å². The quantitative estimate of drug-likeness (QED) is 0.738. The maximum absolute atomic E-state index is 11.8. The van der Waals surface area contributed by atoms with E-state index in [9.17, 15) is 14.4 Å². The van der Waals surface area contributed by atoms with Crippen LogP contribution in [0.1, 0.15) is 49.6 Å². The summed E-state index contributed by atoms with van der Waals surface area (Å²) in [4.78, 5) is 34.9. The van der Waals surface area contributed by atoms with Crippen LogP contribution in [-0.2, 0) is 14.3 Å². The van der Waals surface area contributed by atoms with Gasteiger partial charge in [0.25, 0.3) is 11.8 Å². The summed E-state index contributed by atoms with van der Waals surface area (Å²) in [6, 6.07) is 3.32. The average Bonchev–Trinajstić information content (AvgIpc) is 3.10. The Morgan fingerprint density at radius 1 is 1.25 bits per heavy atom. The van der Waals surface area contributed by atoms with E-state index < -0.39 is 11.9 Å². The highest BCUT2D eigenvalue weighted by atomic mass is 16.5. The first-order valence-electron chi connectivity index (χ1n) is 8.31. The van der Waals surface area contributed by atoms with Gasteiger partial charge >= 0.3 is 5.97 Å². The largest absolute Gasteiger partial charge is 0.459 e. The number of esters is 1. The molecular weight excluding hydrogens is 312 g/mol. The predicted molar refractivity (Wildman–Crippen MR) is 86.2 cm³/mol. The Kier molecular flexibility index (Phi) is 6.84. The minimum atomic E-state index is -0.526. The van der Waals surface area contributed by atoms with Crippen LogP contribution in [0.5, 0.6) is 0 Å². The molecule has 0 radical (unpaired) electrons. The van der Waals surface area contributed by atoms with Crippen LogP contribution in [0.2, 0.25) is 0 Å². The third-order valence-corrected chi connectivity index (χ3v) is 4.10. The van der Waals surface area contributed by atoms with Gasteiger partial charge in [0, 0.05) is 12.6 Å². The summed E-state index contributed by atoms with van der Waals surface area (Å²) >= 11 is 0. The molecule has 2 amide bonds. The van der Waals surface area contributed by atoms with E-state index in [1.165, 1.54) is 12.3 Å². The average molecular weight is 336 g/mol. The summed E-state index contributed by atoms with van der Waals surface area (Å²) in [6.45, 7) is 2.06. The molecule has 2 N–H and O–H groups in total. The molecule has 0 unspecified atom stereocenters. The van der Waals surface area contributed by atoms with Gasteiger partial charge in [0.1, 0.15) is 0 Å². The highest BCUT2D eigenvalue weighted by molar-refractivity contribution is 5.91. The second-order valence-electron chi connectivity index (χ2n) is 6.17. The minimum absolute atomic E-state index is 0.000667. The molecule has 1 aromatic heterocycles. The lowest BCUT2D eigenvalue weighted by atomic mass is 9.87. The van der Waals surface area contributed by atoms with Gasteiger partial charge in [-0.1, -0.05) is 6.92 Å². The highest BCUT2D eigenvalue weighted by Crippen LogP contribution is 2.23. The van der Waals surface area contributed by atoms with Crippen molar-refractivity contribution in [1.29, 1.82) is 0 Å². The van der Waals surface area contributed by atoms with Crippen molar-refractivity contribution in [3.05, 3.63) is 24.2 Å². The van der Waals surface area contributed by atoms with Gasteiger partial charge in [-0.25, -0.2) is 0 Å². The molecule has 1 aromatic rings. The normalized spacial score (nSPS) is 20.2. The van der Waals surface area contributed by atoms with Gasteiger partial charge in [-0.15, -0.1) is 0 Å². The van der Waals surface area contributed by atoms with Gasteiger partial charge in [-0.05, 0) is 43.7 Å². The van der Waals surface area contributed by atoms with E-state index in [-0.39, 0.29) is 37.3 Å². The summed E-state index contributed by atoms with van der Waals surface area (Å²) < 4.78 is 9.84. The molecule has 1 fully saturated rings. The number of rotatable bonds is 7. The Morgan fingerprint density at radius 3 is 2.67 bits per heavy atom. The number of ether oxygens (including phenoxy) is 1. The SMILES string of the molecule is CC1CCC(NC(=O)COC(=O)CCNC(=O)c2ccco2)CC1. The van der Waals surface area contributed by atoms with Crippen LogP contribution in [0.25, 0.3) is 0 Å². The van der Waals surface area contributed by atoms with Crippen LogP contribution in [0.3, 0.4) is 0 Å². The van der Waals surface area contributed by atoms with E-state index in [0.717, 1.165) is 25.7 Å². The number of furan rings is 1. The molecule has 7 nitrogen and oxygen atoms in total. The lowest BCUT2D eigenvalue weighted by Crippen LogP contribution is -2.39. The van der Waals surface area contributed by atoms with Gasteiger partial charge < -0.3 is 19.8 Å². The fraction of sp³-hybridized carbons (Fsp3) is 0.588. The van der Waals surface area contributed by atoms with Crippen molar-refractivity contribution in [2.45, 2.75) is 45.1 Å². The smallest absolute Gasteiger partial charge is 0.308 e. The van der Waals surface area contributed by atoms with Gasteiger partial charge in [0.05, 0.1) is 12.7 Å². The summed E-state index contributed by atoms with van der Waals surface area (Å²) in [5, 5.41) is 5.43. The zero-order valence-electron chi connectivity index (χ0n) is 13.9. The molecule has 132 valence electrons. The highest BCUT2D eigenvalue weighted by Gasteiger charge is 2.20. The van der Waals surface area contributed by atoms with Crippen molar-refractivity contribution < 1.29 is 23.5 Å². The summed E-state index contributed by atoms with van der Waals surface area (Å²) in [5.41, 5.74) is 0. The van der Waals surface area contributed by atoms with Crippen molar-refractivity contribution in [3.63, 3.8) is 0 Å². The van der Waals surface area contributed by atoms with Crippen molar-refractivity contribution in [2.24, 2.45) is 5.92 Å². The van der Waals surface area contributed by atoms with Crippen LogP contribution < -0.4 is 10.6 Å². The fourth-order valence-corrected chi connectivity index (χ4v) is 2.66. The first-order valence-corrected chi connectivity index (χ1v) is 8.31. The molecule has 0 bridgehead atoms. The fourth-order valence-electron chi connectivity index (χ4n) is 2.66. The van der Waals surface area contributed by atoms with Gasteiger partial charge in [0.15, 0.2) is 12.4 Å². The Morgan fingerprint density at radius 2 is 2.00 bits per heavy atom. The van der Waals surface area contributed by atoms with Crippen LogP contribution in [0.15, 0.2) is 22.8 Å². The van der Waals surface area contributed by atoms with Gasteiger partial charge in [-0.3, -0.25) is 14.4 Å². The molecule has 24 heavy (non-hydrogen) atoms. The van der Waals surface area contributed by atoms with Gasteiger partial charge in [0.2, 0.25) is 0 Å². The van der Waals surface area contributed by atoms with E-state index in [1.54, 1.807) is 6.07 Å². The number of carbonyl (C=O) groups is 3. The third kappa shape index (κ3) is 6.06. The number of hydrogen-bond donors (Lipinski definition) is 2. The number of hydrogen-bond acceptors (Lipinski definition) is 5. The molecule has 1 heterocycles. The molecule has 0 atom stereocenters. The molecule has 0 aromatic carbocycles. The number of nitrogens with one attached hydrogen (secondary N) is 2. The first kappa shape index (κ1) is 18.0. The molecule has 1 aliphatic carbocycles. The van der Waals surface area contributed by atoms with E-state index in [1.807, 2.05) is 0 Å². The molecule has 0 spiro atoms. The van der Waals surface area contributed by atoms with Crippen LogP contribution in [0.4, 0.5) is 0 Å². The van der Waals surface area contributed by atoms with Crippen molar-refractivity contribution in [2.75, 3.05) is 13.2 Å². The van der Waals surface area contributed by atoms with E-state index in [2.05, 4.69) is 17.6 Å². The van der Waals surface area contributed by atoms with Crippen LogP contribution in [-0.4, -0.2) is 37.0 Å². The van der Waals surface area contributed by atoms with E-state index in [4.69, 9.17) is 9.15 Å². The van der Waals surface area contributed by atoms with Crippen LogP contribution >= 0.6 is 0 Å². The summed E-state index contributed by atoms with van der Waals surface area (Å²) in [6.07, 6.45) is 5.56. The summed E-state index contributed by atoms with van der Waals surface area (Å²) in [7, 11) is 0. The Balaban J connectivity index is 1.55. The number of carbonyl (C=O) groups excluding carboxylic acids is 3. The number of amides is 2. The molecule has 1 aliphatic rings. The van der Waals surface area contributed by atoms with Crippen molar-refractivity contribution >= 4 is 17.8 Å². The molecule has 1 saturated carbocycles. The van der Waals surface area contributed by atoms with Crippen LogP contribution in [0, 0.1) is 5.92 Å².